The van der Waals surface area contributed by atoms with Gasteiger partial charge in [0.25, 0.3) is 5.91 Å². The van der Waals surface area contributed by atoms with Crippen LogP contribution in [0.3, 0.4) is 0 Å². The van der Waals surface area contributed by atoms with Gasteiger partial charge in [0.05, 0.1) is 5.02 Å². The maximum Gasteiger partial charge on any atom is 0.266 e. The van der Waals surface area contributed by atoms with Crippen molar-refractivity contribution in [3.63, 3.8) is 0 Å². The maximum atomic E-state index is 12.5. The molecule has 0 fully saturated rings. The lowest BCUT2D eigenvalue weighted by Crippen LogP contribution is -2.14. The van der Waals surface area contributed by atoms with E-state index in [0.717, 1.165) is 15.6 Å². The van der Waals surface area contributed by atoms with Crippen LogP contribution in [0.15, 0.2) is 63.0 Å². The molecule has 0 spiro atoms. The summed E-state index contributed by atoms with van der Waals surface area (Å²) in [6.45, 7) is 1.79. The summed E-state index contributed by atoms with van der Waals surface area (Å²) in [4.78, 5) is 12.5. The number of rotatable bonds is 4. The zero-order valence-electron chi connectivity index (χ0n) is 14.6. The highest BCUT2D eigenvalue weighted by atomic mass is 79.9. The molecule has 140 valence electrons. The predicted octanol–water partition coefficient (Wildman–Crippen LogP) is 6.87. The van der Waals surface area contributed by atoms with Crippen molar-refractivity contribution in [1.29, 1.82) is 5.26 Å². The summed E-state index contributed by atoms with van der Waals surface area (Å²) in [6, 6.07) is 15.9. The van der Waals surface area contributed by atoms with Crippen molar-refractivity contribution in [2.24, 2.45) is 0 Å². The molecule has 0 bridgehead atoms. The van der Waals surface area contributed by atoms with Crippen LogP contribution in [-0.2, 0) is 4.79 Å². The molecule has 1 heterocycles. The lowest BCUT2D eigenvalue weighted by molar-refractivity contribution is -0.112. The molecule has 1 amide bonds. The Morgan fingerprint density at radius 2 is 1.96 bits per heavy atom. The van der Waals surface area contributed by atoms with Crippen LogP contribution in [0, 0.1) is 18.3 Å². The number of benzene rings is 2. The molecule has 7 heteroatoms. The average Bonchev–Trinajstić information content (AvgIpc) is 3.14. The monoisotopic (exact) mass is 474 g/mol. The van der Waals surface area contributed by atoms with Crippen molar-refractivity contribution in [3.05, 3.63) is 79.9 Å². The minimum absolute atomic E-state index is 0.0888. The van der Waals surface area contributed by atoms with E-state index in [1.54, 1.807) is 43.3 Å². The Morgan fingerprint density at radius 1 is 1.18 bits per heavy atom. The van der Waals surface area contributed by atoms with Gasteiger partial charge < -0.3 is 9.73 Å². The number of nitriles is 1. The zero-order valence-corrected chi connectivity index (χ0v) is 17.7. The molecule has 28 heavy (non-hydrogen) atoms. The molecule has 0 aliphatic carbocycles. The number of nitrogens with one attached hydrogen (secondary N) is 1. The van der Waals surface area contributed by atoms with Gasteiger partial charge in [-0.15, -0.1) is 0 Å². The van der Waals surface area contributed by atoms with Gasteiger partial charge in [-0.25, -0.2) is 0 Å². The number of amides is 1. The van der Waals surface area contributed by atoms with E-state index in [1.165, 1.54) is 6.08 Å². The minimum Gasteiger partial charge on any atom is -0.457 e. The third-order valence-electron chi connectivity index (χ3n) is 4.00. The molecule has 0 aliphatic heterocycles. The summed E-state index contributed by atoms with van der Waals surface area (Å²) in [5, 5.41) is 13.2. The minimum atomic E-state index is -0.544. The molecule has 0 saturated heterocycles. The molecule has 0 unspecified atom stereocenters. The molecule has 3 rings (SSSR count). The van der Waals surface area contributed by atoms with Gasteiger partial charge in [0.1, 0.15) is 23.2 Å². The molecule has 3 aromatic rings. The summed E-state index contributed by atoms with van der Waals surface area (Å²) in [5.41, 5.74) is 1.96. The fourth-order valence-corrected chi connectivity index (χ4v) is 3.06. The molecule has 1 N–H and O–H groups in total. The van der Waals surface area contributed by atoms with E-state index < -0.39 is 5.91 Å². The zero-order chi connectivity index (χ0) is 20.3. The number of hydrogen-bond acceptors (Lipinski definition) is 3. The second kappa shape index (κ2) is 8.66. The Morgan fingerprint density at radius 3 is 2.68 bits per heavy atom. The highest BCUT2D eigenvalue weighted by Crippen LogP contribution is 2.30. The second-order valence-corrected chi connectivity index (χ2v) is 7.54. The number of furan rings is 1. The van der Waals surface area contributed by atoms with Gasteiger partial charge in [-0.05, 0) is 64.8 Å². The van der Waals surface area contributed by atoms with E-state index in [4.69, 9.17) is 27.6 Å². The van der Waals surface area contributed by atoms with Crippen LogP contribution >= 0.6 is 39.1 Å². The molecule has 0 radical (unpaired) electrons. The Hall–Kier alpha value is -2.52. The average molecular weight is 476 g/mol. The largest absolute Gasteiger partial charge is 0.457 e. The van der Waals surface area contributed by atoms with Gasteiger partial charge in [0, 0.05) is 26.8 Å². The van der Waals surface area contributed by atoms with Gasteiger partial charge in [-0.3, -0.25) is 4.79 Å². The van der Waals surface area contributed by atoms with E-state index in [9.17, 15) is 10.1 Å². The van der Waals surface area contributed by atoms with E-state index in [1.807, 2.05) is 18.2 Å². The van der Waals surface area contributed by atoms with Crippen LogP contribution < -0.4 is 5.32 Å². The highest BCUT2D eigenvalue weighted by molar-refractivity contribution is 9.10. The van der Waals surface area contributed by atoms with Crippen molar-refractivity contribution in [3.8, 4) is 17.4 Å². The first kappa shape index (κ1) is 20.2. The Balaban J connectivity index is 1.84. The molecule has 0 aliphatic rings. The molecule has 0 saturated carbocycles. The fourth-order valence-electron chi connectivity index (χ4n) is 2.46. The molecular weight excluding hydrogens is 463 g/mol. The maximum absolute atomic E-state index is 12.5. The fraction of sp³-hybridized carbons (Fsp3) is 0.0476. The first-order chi connectivity index (χ1) is 13.4. The lowest BCUT2D eigenvalue weighted by atomic mass is 10.1. The SMILES string of the molecule is Cc1c(Cl)cccc1NC(=O)/C(C#N)=C\c1ccc(-c2ccc(Br)c(Cl)c2)o1. The number of hydrogen-bond donors (Lipinski definition) is 1. The van der Waals surface area contributed by atoms with Crippen molar-refractivity contribution < 1.29 is 9.21 Å². The van der Waals surface area contributed by atoms with Crippen molar-refractivity contribution in [1.82, 2.24) is 0 Å². The van der Waals surface area contributed by atoms with Gasteiger partial charge >= 0.3 is 0 Å². The summed E-state index contributed by atoms with van der Waals surface area (Å²) in [7, 11) is 0. The number of halogens is 3. The predicted molar refractivity (Wildman–Crippen MR) is 115 cm³/mol. The molecular formula is C21H13BrCl2N2O2. The summed E-state index contributed by atoms with van der Waals surface area (Å²) < 4.78 is 6.52. The quantitative estimate of drug-likeness (QED) is 0.330. The van der Waals surface area contributed by atoms with Gasteiger partial charge in [0.15, 0.2) is 0 Å². The third kappa shape index (κ3) is 4.48. The van der Waals surface area contributed by atoms with Crippen LogP contribution in [0.1, 0.15) is 11.3 Å². The summed E-state index contributed by atoms with van der Waals surface area (Å²) in [6.07, 6.45) is 1.39. The summed E-state index contributed by atoms with van der Waals surface area (Å²) >= 11 is 15.5. The number of nitrogens with zero attached hydrogens (tertiary/aromatic N) is 1. The van der Waals surface area contributed by atoms with E-state index >= 15 is 0 Å². The van der Waals surface area contributed by atoms with Crippen molar-refractivity contribution >= 4 is 56.8 Å². The van der Waals surface area contributed by atoms with Crippen molar-refractivity contribution in [2.75, 3.05) is 5.32 Å². The standard InChI is InChI=1S/C21H13BrCl2N2O2/c1-12-17(23)3-2-4-19(12)26-21(27)14(11-25)9-15-6-8-20(28-15)13-5-7-16(22)18(24)10-13/h2-10H,1H3,(H,26,27)/b14-9-. The molecule has 2 aromatic carbocycles. The Kier molecular flexibility index (Phi) is 6.25. The smallest absolute Gasteiger partial charge is 0.266 e. The van der Waals surface area contributed by atoms with Crippen LogP contribution in [0.5, 0.6) is 0 Å². The highest BCUT2D eigenvalue weighted by Gasteiger charge is 2.13. The van der Waals surface area contributed by atoms with Crippen LogP contribution in [0.2, 0.25) is 10.0 Å². The summed E-state index contributed by atoms with van der Waals surface area (Å²) in [5.74, 6) is 0.407. The topological polar surface area (TPSA) is 66.0 Å². The van der Waals surface area contributed by atoms with E-state index in [0.29, 0.717) is 27.3 Å². The second-order valence-electron chi connectivity index (χ2n) is 5.87. The van der Waals surface area contributed by atoms with Gasteiger partial charge in [-0.2, -0.15) is 5.26 Å². The number of anilines is 1. The van der Waals surface area contributed by atoms with Crippen LogP contribution in [-0.4, -0.2) is 5.91 Å². The molecule has 0 atom stereocenters. The van der Waals surface area contributed by atoms with Crippen molar-refractivity contribution in [2.45, 2.75) is 6.92 Å². The van der Waals surface area contributed by atoms with Crippen LogP contribution in [0.25, 0.3) is 17.4 Å². The third-order valence-corrected chi connectivity index (χ3v) is 5.64. The lowest BCUT2D eigenvalue weighted by Gasteiger charge is -2.08. The van der Waals surface area contributed by atoms with E-state index in [-0.39, 0.29) is 5.57 Å². The Labute approximate surface area is 180 Å². The number of carbonyl (C=O) groups excluding carboxylic acids is 1. The molecule has 4 nitrogen and oxygen atoms in total. The molecule has 1 aromatic heterocycles. The van der Waals surface area contributed by atoms with Gasteiger partial charge in [-0.1, -0.05) is 35.3 Å². The first-order valence-electron chi connectivity index (χ1n) is 8.12. The van der Waals surface area contributed by atoms with Crippen LogP contribution in [0.4, 0.5) is 5.69 Å². The number of carbonyl (C=O) groups is 1. The van der Waals surface area contributed by atoms with Gasteiger partial charge in [0.2, 0.25) is 0 Å². The Bertz CT molecular complexity index is 1130. The van der Waals surface area contributed by atoms with E-state index in [2.05, 4.69) is 21.2 Å². The first-order valence-corrected chi connectivity index (χ1v) is 9.67. The normalized spacial score (nSPS) is 11.2.